The molecule has 35 heavy (non-hydrogen) atoms. The molecule has 182 valence electrons. The van der Waals surface area contributed by atoms with Crippen molar-refractivity contribution in [3.05, 3.63) is 83.3 Å². The minimum Gasteiger partial charge on any atom is -0.481 e. The fourth-order valence-electron chi connectivity index (χ4n) is 4.39. The third-order valence-corrected chi connectivity index (χ3v) is 6.15. The number of hydrogen-bond donors (Lipinski definition) is 3. The van der Waals surface area contributed by atoms with Crippen molar-refractivity contribution < 1.29 is 28.6 Å². The van der Waals surface area contributed by atoms with Crippen LogP contribution in [0.1, 0.15) is 54.4 Å². The fourth-order valence-corrected chi connectivity index (χ4v) is 4.39. The molecule has 2 unspecified atom stereocenters. The summed E-state index contributed by atoms with van der Waals surface area (Å²) >= 11 is 0. The first kappa shape index (κ1) is 24.1. The van der Waals surface area contributed by atoms with Gasteiger partial charge >= 0.3 is 12.1 Å². The van der Waals surface area contributed by atoms with Crippen LogP contribution >= 0.6 is 0 Å². The Morgan fingerprint density at radius 1 is 0.971 bits per heavy atom. The first-order valence-electron chi connectivity index (χ1n) is 11.5. The molecule has 8 heteroatoms. The molecule has 3 aromatic rings. The van der Waals surface area contributed by atoms with Crippen LogP contribution in [0, 0.1) is 6.92 Å². The van der Waals surface area contributed by atoms with Crippen LogP contribution in [0.5, 0.6) is 0 Å². The molecule has 3 N–H and O–H groups in total. The monoisotopic (exact) mass is 476 g/mol. The van der Waals surface area contributed by atoms with E-state index in [0.29, 0.717) is 11.5 Å². The molecule has 1 heterocycles. The molecule has 0 aliphatic heterocycles. The summed E-state index contributed by atoms with van der Waals surface area (Å²) in [5.74, 6) is -0.427. The van der Waals surface area contributed by atoms with Crippen molar-refractivity contribution in [1.29, 1.82) is 0 Å². The van der Waals surface area contributed by atoms with Crippen molar-refractivity contribution in [3.63, 3.8) is 0 Å². The minimum absolute atomic E-state index is 0.0741. The molecule has 4 rings (SSSR count). The first-order chi connectivity index (χ1) is 16.8. The van der Waals surface area contributed by atoms with Crippen LogP contribution in [0.25, 0.3) is 11.1 Å². The Hall–Kier alpha value is -4.07. The Kier molecular flexibility index (Phi) is 7.19. The van der Waals surface area contributed by atoms with E-state index in [9.17, 15) is 14.4 Å². The molecule has 0 saturated carbocycles. The summed E-state index contributed by atoms with van der Waals surface area (Å²) < 4.78 is 11.1. The number of alkyl carbamates (subject to hydrolysis) is 1. The van der Waals surface area contributed by atoms with E-state index in [1.807, 2.05) is 48.5 Å². The van der Waals surface area contributed by atoms with E-state index in [4.69, 9.17) is 14.3 Å². The van der Waals surface area contributed by atoms with Crippen LogP contribution in [0.3, 0.4) is 0 Å². The maximum absolute atomic E-state index is 12.9. The third kappa shape index (κ3) is 5.54. The normalized spacial score (nSPS) is 13.9. The lowest BCUT2D eigenvalue weighted by Gasteiger charge is -2.21. The summed E-state index contributed by atoms with van der Waals surface area (Å²) in [6, 6.07) is 18.0. The Balaban J connectivity index is 1.41. The van der Waals surface area contributed by atoms with E-state index < -0.39 is 30.1 Å². The molecular formula is C27H28N2O6. The highest BCUT2D eigenvalue weighted by atomic mass is 16.5. The van der Waals surface area contributed by atoms with Crippen LogP contribution in [-0.2, 0) is 14.3 Å². The zero-order chi connectivity index (χ0) is 24.9. The van der Waals surface area contributed by atoms with Gasteiger partial charge in [-0.25, -0.2) is 4.79 Å². The average molecular weight is 477 g/mol. The number of hydrogen-bond acceptors (Lipinski definition) is 5. The Bertz CT molecular complexity index is 1190. The quantitative estimate of drug-likeness (QED) is 0.417. The number of benzene rings is 2. The van der Waals surface area contributed by atoms with E-state index in [-0.39, 0.29) is 25.4 Å². The lowest BCUT2D eigenvalue weighted by molar-refractivity contribution is -0.137. The molecule has 2 amide bonds. The molecule has 0 radical (unpaired) electrons. The highest BCUT2D eigenvalue weighted by Gasteiger charge is 2.30. The van der Waals surface area contributed by atoms with Crippen molar-refractivity contribution in [2.24, 2.45) is 0 Å². The van der Waals surface area contributed by atoms with Crippen LogP contribution in [-0.4, -0.2) is 35.7 Å². The Morgan fingerprint density at radius 3 is 2.17 bits per heavy atom. The van der Waals surface area contributed by atoms with Gasteiger partial charge in [-0.05, 0) is 54.7 Å². The summed E-state index contributed by atoms with van der Waals surface area (Å²) in [5.41, 5.74) is 4.37. The highest BCUT2D eigenvalue weighted by molar-refractivity contribution is 5.86. The standard InChI is InChI=1S/C27H28N2O6/c1-16-11-13-24(35-16)17(2)28-26(32)23(12-14-25(30)31)29-27(33)34-15-22-20-9-5-3-7-18(20)19-8-4-6-10-21(19)22/h3-11,13,17,22-23H,12,14-15H2,1-2H3,(H,28,32)(H,29,33)(H,30,31). The average Bonchev–Trinajstić information content (AvgIpc) is 3.41. The van der Waals surface area contributed by atoms with Gasteiger partial charge in [0.15, 0.2) is 0 Å². The fraction of sp³-hybridized carbons (Fsp3) is 0.296. The van der Waals surface area contributed by atoms with Gasteiger partial charge in [0.05, 0.1) is 6.04 Å². The first-order valence-corrected chi connectivity index (χ1v) is 11.5. The van der Waals surface area contributed by atoms with E-state index in [1.54, 1.807) is 26.0 Å². The number of fused-ring (bicyclic) bond motifs is 3. The van der Waals surface area contributed by atoms with Crippen LogP contribution in [0.4, 0.5) is 4.79 Å². The molecule has 1 aliphatic rings. The number of carbonyl (C=O) groups excluding carboxylic acids is 2. The molecular weight excluding hydrogens is 448 g/mol. The van der Waals surface area contributed by atoms with Gasteiger partial charge in [0.2, 0.25) is 5.91 Å². The predicted octanol–water partition coefficient (Wildman–Crippen LogP) is 4.54. The summed E-state index contributed by atoms with van der Waals surface area (Å²) in [6.07, 6.45) is -1.13. The molecule has 8 nitrogen and oxygen atoms in total. The largest absolute Gasteiger partial charge is 0.481 e. The third-order valence-electron chi connectivity index (χ3n) is 6.15. The molecule has 0 saturated heterocycles. The van der Waals surface area contributed by atoms with Crippen molar-refractivity contribution in [3.8, 4) is 11.1 Å². The molecule has 0 spiro atoms. The van der Waals surface area contributed by atoms with Crippen molar-refractivity contribution in [1.82, 2.24) is 10.6 Å². The van der Waals surface area contributed by atoms with Gasteiger partial charge in [0.1, 0.15) is 24.2 Å². The molecule has 0 fully saturated rings. The number of carboxylic acid groups (broad SMARTS) is 1. The van der Waals surface area contributed by atoms with Crippen LogP contribution in [0.2, 0.25) is 0 Å². The zero-order valence-electron chi connectivity index (χ0n) is 19.6. The topological polar surface area (TPSA) is 118 Å². The van der Waals surface area contributed by atoms with E-state index in [0.717, 1.165) is 22.3 Å². The number of furan rings is 1. The predicted molar refractivity (Wildman–Crippen MR) is 129 cm³/mol. The van der Waals surface area contributed by atoms with Crippen molar-refractivity contribution in [2.75, 3.05) is 6.61 Å². The Labute approximate surface area is 203 Å². The lowest BCUT2D eigenvalue weighted by Crippen LogP contribution is -2.47. The maximum atomic E-state index is 12.9. The van der Waals surface area contributed by atoms with Gasteiger partial charge < -0.3 is 24.9 Å². The van der Waals surface area contributed by atoms with E-state index in [2.05, 4.69) is 10.6 Å². The molecule has 2 aromatic carbocycles. The second-order valence-electron chi connectivity index (χ2n) is 8.63. The smallest absolute Gasteiger partial charge is 0.407 e. The lowest BCUT2D eigenvalue weighted by atomic mass is 9.98. The van der Waals surface area contributed by atoms with Crippen molar-refractivity contribution in [2.45, 2.75) is 44.7 Å². The summed E-state index contributed by atoms with van der Waals surface area (Å²) in [7, 11) is 0. The molecule has 1 aromatic heterocycles. The number of aryl methyl sites for hydroxylation is 1. The van der Waals surface area contributed by atoms with Gasteiger partial charge in [-0.3, -0.25) is 9.59 Å². The zero-order valence-corrected chi connectivity index (χ0v) is 19.6. The Morgan fingerprint density at radius 2 is 1.60 bits per heavy atom. The van der Waals surface area contributed by atoms with Gasteiger partial charge in [-0.1, -0.05) is 48.5 Å². The van der Waals surface area contributed by atoms with E-state index >= 15 is 0 Å². The number of rotatable bonds is 9. The van der Waals surface area contributed by atoms with Crippen molar-refractivity contribution >= 4 is 18.0 Å². The van der Waals surface area contributed by atoms with Crippen LogP contribution < -0.4 is 10.6 Å². The SMILES string of the molecule is Cc1ccc(C(C)NC(=O)C(CCC(=O)O)NC(=O)OCC2c3ccccc3-c3ccccc32)o1. The van der Waals surface area contributed by atoms with E-state index in [1.165, 1.54) is 0 Å². The van der Waals surface area contributed by atoms with Gasteiger partial charge in [0.25, 0.3) is 0 Å². The maximum Gasteiger partial charge on any atom is 0.407 e. The van der Waals surface area contributed by atoms with Crippen LogP contribution in [0.15, 0.2) is 65.1 Å². The number of aliphatic carboxylic acids is 1. The van der Waals surface area contributed by atoms with Gasteiger partial charge in [-0.2, -0.15) is 0 Å². The number of carbonyl (C=O) groups is 3. The second-order valence-corrected chi connectivity index (χ2v) is 8.63. The summed E-state index contributed by atoms with van der Waals surface area (Å²) in [4.78, 5) is 36.6. The number of amides is 2. The highest BCUT2D eigenvalue weighted by Crippen LogP contribution is 2.44. The van der Waals surface area contributed by atoms with Gasteiger partial charge in [0, 0.05) is 12.3 Å². The number of carboxylic acids is 1. The molecule has 1 aliphatic carbocycles. The molecule has 2 atom stereocenters. The summed E-state index contributed by atoms with van der Waals surface area (Å²) in [6.45, 7) is 3.64. The van der Waals surface area contributed by atoms with Gasteiger partial charge in [-0.15, -0.1) is 0 Å². The number of ether oxygens (including phenoxy) is 1. The molecule has 0 bridgehead atoms. The number of nitrogens with one attached hydrogen (secondary N) is 2. The summed E-state index contributed by atoms with van der Waals surface area (Å²) in [5, 5.41) is 14.4. The minimum atomic E-state index is -1.07. The second kappa shape index (κ2) is 10.5.